The molecular formula is C19H23N4O3S+. The van der Waals surface area contributed by atoms with Crippen molar-refractivity contribution in [2.45, 2.75) is 19.5 Å². The minimum absolute atomic E-state index is 0.0645. The molecular weight excluding hydrogens is 364 g/mol. The summed E-state index contributed by atoms with van der Waals surface area (Å²) >= 11 is 1.55. The van der Waals surface area contributed by atoms with E-state index in [4.69, 9.17) is 9.15 Å². The summed E-state index contributed by atoms with van der Waals surface area (Å²) in [6.07, 6.45) is 0. The van der Waals surface area contributed by atoms with Gasteiger partial charge in [-0.2, -0.15) is 0 Å². The topological polar surface area (TPSA) is 81.7 Å². The predicted octanol–water partition coefficient (Wildman–Crippen LogP) is 1.86. The number of benzene rings is 1. The quantitative estimate of drug-likeness (QED) is 0.586. The molecule has 0 aliphatic heterocycles. The smallest absolute Gasteiger partial charge is 0.282 e. The number of nitrogens with one attached hydrogen (secondary N) is 2. The molecule has 0 saturated carbocycles. The summed E-state index contributed by atoms with van der Waals surface area (Å²) in [4.78, 5) is 14.6. The molecule has 0 bridgehead atoms. The van der Waals surface area contributed by atoms with Gasteiger partial charge in [0.1, 0.15) is 6.54 Å². The van der Waals surface area contributed by atoms with Gasteiger partial charge in [0.15, 0.2) is 12.6 Å². The molecule has 0 saturated heterocycles. The summed E-state index contributed by atoms with van der Waals surface area (Å²) in [6.45, 7) is 3.52. The van der Waals surface area contributed by atoms with Crippen LogP contribution in [0.4, 0.5) is 5.69 Å². The van der Waals surface area contributed by atoms with Crippen LogP contribution < -0.4 is 10.2 Å². The maximum absolute atomic E-state index is 12.7. The average Bonchev–Trinajstić information content (AvgIpc) is 3.37. The van der Waals surface area contributed by atoms with Crippen LogP contribution in [0.5, 0.6) is 0 Å². The molecule has 0 aliphatic carbocycles. The molecule has 0 radical (unpaired) electrons. The summed E-state index contributed by atoms with van der Waals surface area (Å²) in [5, 5.41) is 13.2. The van der Waals surface area contributed by atoms with Crippen LogP contribution in [-0.4, -0.2) is 42.4 Å². The highest BCUT2D eigenvalue weighted by Crippen LogP contribution is 2.22. The molecule has 1 amide bonds. The maximum atomic E-state index is 12.7. The first kappa shape index (κ1) is 19.2. The largest absolute Gasteiger partial charge is 0.414 e. The second kappa shape index (κ2) is 9.40. The Kier molecular flexibility index (Phi) is 6.69. The fourth-order valence-electron chi connectivity index (χ4n) is 2.67. The minimum Gasteiger partial charge on any atom is -0.414 e. The lowest BCUT2D eigenvalue weighted by Gasteiger charge is -2.23. The molecule has 2 aromatic heterocycles. The van der Waals surface area contributed by atoms with E-state index in [0.29, 0.717) is 31.5 Å². The molecule has 27 heavy (non-hydrogen) atoms. The van der Waals surface area contributed by atoms with Crippen LogP contribution in [0.3, 0.4) is 0 Å². The van der Waals surface area contributed by atoms with E-state index in [1.54, 1.807) is 18.4 Å². The van der Waals surface area contributed by atoms with Gasteiger partial charge < -0.3 is 19.4 Å². The number of quaternary nitrogens is 1. The Hall–Kier alpha value is -2.55. The average molecular weight is 387 g/mol. The number of thiophene rings is 1. The molecule has 8 heteroatoms. The summed E-state index contributed by atoms with van der Waals surface area (Å²) in [5.41, 5.74) is 0.776. The standard InChI is InChI=1S/C19H22N4O3S/c1-14(18(24)20-15-7-4-3-5-8-15)23(10-11-25-2)13-17-21-22-19(26-17)16-9-6-12-27-16/h3-9,12,14H,10-11,13H2,1-2H3,(H,20,24)/p+1/t14-/m1/s1. The first-order valence-electron chi connectivity index (χ1n) is 8.73. The first-order chi connectivity index (χ1) is 13.2. The van der Waals surface area contributed by atoms with Crippen molar-refractivity contribution in [2.75, 3.05) is 25.6 Å². The van der Waals surface area contributed by atoms with Crippen molar-refractivity contribution >= 4 is 22.9 Å². The molecule has 1 unspecified atom stereocenters. The second-order valence-electron chi connectivity index (χ2n) is 6.13. The molecule has 2 atom stereocenters. The van der Waals surface area contributed by atoms with Crippen molar-refractivity contribution in [3.05, 3.63) is 53.7 Å². The van der Waals surface area contributed by atoms with Gasteiger partial charge in [0.05, 0.1) is 11.5 Å². The second-order valence-corrected chi connectivity index (χ2v) is 7.08. The van der Waals surface area contributed by atoms with Gasteiger partial charge in [-0.05, 0) is 30.5 Å². The number of carbonyl (C=O) groups is 1. The van der Waals surface area contributed by atoms with Crippen molar-refractivity contribution in [3.63, 3.8) is 0 Å². The van der Waals surface area contributed by atoms with Crippen LogP contribution in [0.25, 0.3) is 10.8 Å². The number of hydrogen-bond acceptors (Lipinski definition) is 6. The maximum Gasteiger partial charge on any atom is 0.282 e. The number of para-hydroxylation sites is 1. The highest BCUT2D eigenvalue weighted by Gasteiger charge is 2.27. The van der Waals surface area contributed by atoms with E-state index in [-0.39, 0.29) is 11.9 Å². The van der Waals surface area contributed by atoms with E-state index in [1.807, 2.05) is 54.8 Å². The van der Waals surface area contributed by atoms with Crippen molar-refractivity contribution in [1.29, 1.82) is 0 Å². The normalized spacial score (nSPS) is 13.3. The van der Waals surface area contributed by atoms with Gasteiger partial charge in [0.2, 0.25) is 0 Å². The fourth-order valence-corrected chi connectivity index (χ4v) is 3.31. The molecule has 7 nitrogen and oxygen atoms in total. The molecule has 0 aliphatic rings. The van der Waals surface area contributed by atoms with Crippen LogP contribution >= 0.6 is 11.3 Å². The predicted molar refractivity (Wildman–Crippen MR) is 104 cm³/mol. The lowest BCUT2D eigenvalue weighted by molar-refractivity contribution is -0.929. The lowest BCUT2D eigenvalue weighted by atomic mass is 10.2. The van der Waals surface area contributed by atoms with Gasteiger partial charge in [0, 0.05) is 12.8 Å². The zero-order valence-electron chi connectivity index (χ0n) is 15.3. The third-order valence-electron chi connectivity index (χ3n) is 4.25. The van der Waals surface area contributed by atoms with Crippen molar-refractivity contribution in [3.8, 4) is 10.8 Å². The molecule has 3 rings (SSSR count). The lowest BCUT2D eigenvalue weighted by Crippen LogP contribution is -3.15. The van der Waals surface area contributed by atoms with Crippen molar-refractivity contribution < 1.29 is 18.8 Å². The summed E-state index contributed by atoms with van der Waals surface area (Å²) in [7, 11) is 1.65. The zero-order valence-corrected chi connectivity index (χ0v) is 16.2. The summed E-state index contributed by atoms with van der Waals surface area (Å²) in [5.74, 6) is 0.946. The van der Waals surface area contributed by atoms with Gasteiger partial charge in [-0.15, -0.1) is 21.5 Å². The Morgan fingerprint density at radius 2 is 2.07 bits per heavy atom. The Morgan fingerprint density at radius 1 is 1.26 bits per heavy atom. The molecule has 2 N–H and O–H groups in total. The van der Waals surface area contributed by atoms with Crippen LogP contribution in [0, 0.1) is 0 Å². The van der Waals surface area contributed by atoms with Crippen LogP contribution in [0.2, 0.25) is 0 Å². The highest BCUT2D eigenvalue weighted by molar-refractivity contribution is 7.13. The van der Waals surface area contributed by atoms with E-state index in [1.165, 1.54) is 0 Å². The van der Waals surface area contributed by atoms with E-state index in [9.17, 15) is 4.79 Å². The third kappa shape index (κ3) is 5.22. The van der Waals surface area contributed by atoms with Crippen molar-refractivity contribution in [1.82, 2.24) is 10.2 Å². The van der Waals surface area contributed by atoms with Gasteiger partial charge in [0.25, 0.3) is 17.7 Å². The van der Waals surface area contributed by atoms with Crippen LogP contribution in [0.15, 0.2) is 52.3 Å². The van der Waals surface area contributed by atoms with E-state index >= 15 is 0 Å². The monoisotopic (exact) mass is 387 g/mol. The Bertz CT molecular complexity index is 836. The Balaban J connectivity index is 1.68. The molecule has 2 heterocycles. The van der Waals surface area contributed by atoms with Gasteiger partial charge >= 0.3 is 0 Å². The van der Waals surface area contributed by atoms with Crippen molar-refractivity contribution in [2.24, 2.45) is 0 Å². The molecule has 1 aromatic carbocycles. The number of nitrogens with zero attached hydrogens (tertiary/aromatic N) is 2. The highest BCUT2D eigenvalue weighted by atomic mass is 32.1. The fraction of sp³-hybridized carbons (Fsp3) is 0.316. The number of ether oxygens (including phenoxy) is 1. The number of aromatic nitrogens is 2. The van der Waals surface area contributed by atoms with E-state index in [0.717, 1.165) is 15.5 Å². The SMILES string of the molecule is COCC[NH+](Cc1nnc(-c2cccs2)o1)[C@H](C)C(=O)Nc1ccccc1. The number of anilines is 1. The minimum atomic E-state index is -0.308. The third-order valence-corrected chi connectivity index (χ3v) is 5.11. The van der Waals surface area contributed by atoms with Crippen LogP contribution in [-0.2, 0) is 16.1 Å². The number of rotatable bonds is 9. The molecule has 0 spiro atoms. The summed E-state index contributed by atoms with van der Waals surface area (Å²) in [6, 6.07) is 13.0. The zero-order chi connectivity index (χ0) is 19.1. The number of carbonyl (C=O) groups excluding carboxylic acids is 1. The molecule has 142 valence electrons. The number of methoxy groups -OCH3 is 1. The van der Waals surface area contributed by atoms with Crippen LogP contribution in [0.1, 0.15) is 12.8 Å². The van der Waals surface area contributed by atoms with Gasteiger partial charge in [-0.25, -0.2) is 0 Å². The van der Waals surface area contributed by atoms with E-state index in [2.05, 4.69) is 15.5 Å². The molecule has 3 aromatic rings. The summed E-state index contributed by atoms with van der Waals surface area (Å²) < 4.78 is 11.0. The van der Waals surface area contributed by atoms with Gasteiger partial charge in [-0.1, -0.05) is 24.3 Å². The number of hydrogen-bond donors (Lipinski definition) is 2. The Morgan fingerprint density at radius 3 is 2.78 bits per heavy atom. The van der Waals surface area contributed by atoms with E-state index < -0.39 is 0 Å². The number of amides is 1. The molecule has 0 fully saturated rings. The Labute approximate surface area is 162 Å². The first-order valence-corrected chi connectivity index (χ1v) is 9.61. The van der Waals surface area contributed by atoms with Gasteiger partial charge in [-0.3, -0.25) is 4.79 Å².